The van der Waals surface area contributed by atoms with Crippen LogP contribution in [0.25, 0.3) is 10.8 Å². The van der Waals surface area contributed by atoms with E-state index in [0.717, 1.165) is 17.4 Å². The fraction of sp³-hybridized carbons (Fsp3) is 0.312. The zero-order valence-electron chi connectivity index (χ0n) is 10.5. The molecular formula is C16H18O. The van der Waals surface area contributed by atoms with Crippen LogP contribution in [0, 0.1) is 0 Å². The summed E-state index contributed by atoms with van der Waals surface area (Å²) >= 11 is 0. The Labute approximate surface area is 102 Å². The minimum Gasteiger partial charge on any atom is -0.294 e. The lowest BCUT2D eigenvalue weighted by molar-refractivity contribution is 0.101. The molecule has 0 saturated carbocycles. The summed E-state index contributed by atoms with van der Waals surface area (Å²) in [6.45, 7) is 3.83. The molecule has 2 aromatic carbocycles. The number of hydrogen-bond acceptors (Lipinski definition) is 1. The second kappa shape index (κ2) is 5.13. The molecule has 0 unspecified atom stereocenters. The number of carbonyl (C=O) groups is 1. The molecule has 0 aromatic heterocycles. The Bertz CT molecular complexity index is 540. The summed E-state index contributed by atoms with van der Waals surface area (Å²) in [6.07, 6.45) is 3.42. The second-order valence-electron chi connectivity index (χ2n) is 4.52. The average molecular weight is 226 g/mol. The zero-order valence-corrected chi connectivity index (χ0v) is 10.5. The van der Waals surface area contributed by atoms with Crippen molar-refractivity contribution in [1.82, 2.24) is 0 Å². The third-order valence-corrected chi connectivity index (χ3v) is 3.12. The van der Waals surface area contributed by atoms with Gasteiger partial charge in [-0.1, -0.05) is 43.7 Å². The van der Waals surface area contributed by atoms with Gasteiger partial charge in [-0.15, -0.1) is 0 Å². The normalized spacial score (nSPS) is 10.7. The van der Waals surface area contributed by atoms with Crippen molar-refractivity contribution in [3.63, 3.8) is 0 Å². The van der Waals surface area contributed by atoms with Gasteiger partial charge in [-0.05, 0) is 42.2 Å². The highest BCUT2D eigenvalue weighted by atomic mass is 16.1. The molecule has 0 saturated heterocycles. The van der Waals surface area contributed by atoms with Crippen LogP contribution in [0.2, 0.25) is 0 Å². The van der Waals surface area contributed by atoms with E-state index in [-0.39, 0.29) is 5.78 Å². The van der Waals surface area contributed by atoms with E-state index in [1.165, 1.54) is 23.8 Å². The Morgan fingerprint density at radius 1 is 1.18 bits per heavy atom. The van der Waals surface area contributed by atoms with Crippen LogP contribution in [0.1, 0.15) is 42.6 Å². The van der Waals surface area contributed by atoms with Gasteiger partial charge in [0.2, 0.25) is 0 Å². The van der Waals surface area contributed by atoms with Gasteiger partial charge in [0, 0.05) is 5.56 Å². The predicted octanol–water partition coefficient (Wildman–Crippen LogP) is 4.39. The largest absolute Gasteiger partial charge is 0.294 e. The zero-order chi connectivity index (χ0) is 12.3. The summed E-state index contributed by atoms with van der Waals surface area (Å²) in [5.41, 5.74) is 2.13. The SMILES string of the molecule is CCCCc1cc(C(C)=O)c2ccccc2c1. The van der Waals surface area contributed by atoms with Crippen LogP contribution >= 0.6 is 0 Å². The van der Waals surface area contributed by atoms with Gasteiger partial charge in [0.25, 0.3) is 0 Å². The van der Waals surface area contributed by atoms with Gasteiger partial charge in [-0.25, -0.2) is 0 Å². The number of aryl methyl sites for hydroxylation is 1. The molecular weight excluding hydrogens is 208 g/mol. The lowest BCUT2D eigenvalue weighted by Crippen LogP contribution is -1.96. The van der Waals surface area contributed by atoms with Gasteiger partial charge < -0.3 is 0 Å². The first-order valence-electron chi connectivity index (χ1n) is 6.25. The lowest BCUT2D eigenvalue weighted by Gasteiger charge is -2.08. The lowest BCUT2D eigenvalue weighted by atomic mass is 9.96. The van der Waals surface area contributed by atoms with E-state index in [2.05, 4.69) is 25.1 Å². The molecule has 0 aliphatic carbocycles. The molecule has 0 bridgehead atoms. The molecule has 88 valence electrons. The number of rotatable bonds is 4. The first-order valence-corrected chi connectivity index (χ1v) is 6.25. The van der Waals surface area contributed by atoms with Gasteiger partial charge in [-0.3, -0.25) is 4.79 Å². The van der Waals surface area contributed by atoms with E-state index >= 15 is 0 Å². The van der Waals surface area contributed by atoms with E-state index in [1.54, 1.807) is 6.92 Å². The van der Waals surface area contributed by atoms with E-state index in [1.807, 2.05) is 18.2 Å². The van der Waals surface area contributed by atoms with Crippen LogP contribution in [0.5, 0.6) is 0 Å². The summed E-state index contributed by atoms with van der Waals surface area (Å²) < 4.78 is 0. The van der Waals surface area contributed by atoms with Crippen molar-refractivity contribution in [1.29, 1.82) is 0 Å². The molecule has 0 fully saturated rings. The van der Waals surface area contributed by atoms with Crippen molar-refractivity contribution in [2.24, 2.45) is 0 Å². The topological polar surface area (TPSA) is 17.1 Å². The molecule has 0 heterocycles. The smallest absolute Gasteiger partial charge is 0.160 e. The molecule has 2 rings (SSSR count). The molecule has 0 aliphatic heterocycles. The highest BCUT2D eigenvalue weighted by Crippen LogP contribution is 2.22. The summed E-state index contributed by atoms with van der Waals surface area (Å²) in [7, 11) is 0. The van der Waals surface area contributed by atoms with Gasteiger partial charge in [-0.2, -0.15) is 0 Å². The van der Waals surface area contributed by atoms with Crippen molar-refractivity contribution in [3.05, 3.63) is 47.5 Å². The quantitative estimate of drug-likeness (QED) is 0.707. The summed E-state index contributed by atoms with van der Waals surface area (Å²) in [6, 6.07) is 12.4. The number of fused-ring (bicyclic) bond motifs is 1. The van der Waals surface area contributed by atoms with E-state index < -0.39 is 0 Å². The van der Waals surface area contributed by atoms with Crippen molar-refractivity contribution < 1.29 is 4.79 Å². The van der Waals surface area contributed by atoms with Crippen LogP contribution in [0.4, 0.5) is 0 Å². The summed E-state index contributed by atoms with van der Waals surface area (Å²) in [5.74, 6) is 0.152. The number of ketones is 1. The van der Waals surface area contributed by atoms with Crippen molar-refractivity contribution >= 4 is 16.6 Å². The van der Waals surface area contributed by atoms with Crippen molar-refractivity contribution in [2.45, 2.75) is 33.1 Å². The predicted molar refractivity (Wildman–Crippen MR) is 72.6 cm³/mol. The molecule has 1 heteroatoms. The maximum atomic E-state index is 11.7. The highest BCUT2D eigenvalue weighted by Gasteiger charge is 2.07. The molecule has 0 aliphatic rings. The summed E-state index contributed by atoms with van der Waals surface area (Å²) in [5, 5.41) is 2.24. The minimum atomic E-state index is 0.152. The molecule has 17 heavy (non-hydrogen) atoms. The molecule has 0 radical (unpaired) electrons. The van der Waals surface area contributed by atoms with Crippen molar-refractivity contribution in [3.8, 4) is 0 Å². The maximum Gasteiger partial charge on any atom is 0.160 e. The molecule has 1 nitrogen and oxygen atoms in total. The Kier molecular flexibility index (Phi) is 3.58. The average Bonchev–Trinajstić information content (AvgIpc) is 2.35. The van der Waals surface area contributed by atoms with Crippen LogP contribution in [0.3, 0.4) is 0 Å². The van der Waals surface area contributed by atoms with Gasteiger partial charge in [0.05, 0.1) is 0 Å². The van der Waals surface area contributed by atoms with Gasteiger partial charge in [0.15, 0.2) is 5.78 Å². The maximum absolute atomic E-state index is 11.7. The molecule has 0 N–H and O–H groups in total. The molecule has 0 amide bonds. The monoisotopic (exact) mass is 226 g/mol. The Morgan fingerprint density at radius 3 is 2.65 bits per heavy atom. The fourth-order valence-corrected chi connectivity index (χ4v) is 2.19. The highest BCUT2D eigenvalue weighted by molar-refractivity contribution is 6.07. The van der Waals surface area contributed by atoms with Crippen LogP contribution in [-0.2, 0) is 6.42 Å². The minimum absolute atomic E-state index is 0.152. The number of hydrogen-bond donors (Lipinski definition) is 0. The van der Waals surface area contributed by atoms with Crippen LogP contribution in [0.15, 0.2) is 36.4 Å². The van der Waals surface area contributed by atoms with Crippen LogP contribution in [-0.4, -0.2) is 5.78 Å². The van der Waals surface area contributed by atoms with E-state index in [9.17, 15) is 4.79 Å². The van der Waals surface area contributed by atoms with Gasteiger partial charge in [0.1, 0.15) is 0 Å². The first kappa shape index (κ1) is 11.8. The standard InChI is InChI=1S/C16H18O/c1-3-4-7-13-10-14-8-5-6-9-15(14)16(11-13)12(2)17/h5-6,8-11H,3-4,7H2,1-2H3. The Hall–Kier alpha value is -1.63. The summed E-state index contributed by atoms with van der Waals surface area (Å²) in [4.78, 5) is 11.7. The third-order valence-electron chi connectivity index (χ3n) is 3.12. The number of carbonyl (C=O) groups excluding carboxylic acids is 1. The molecule has 0 spiro atoms. The molecule has 0 atom stereocenters. The second-order valence-corrected chi connectivity index (χ2v) is 4.52. The number of benzene rings is 2. The first-order chi connectivity index (χ1) is 8.22. The van der Waals surface area contributed by atoms with E-state index in [0.29, 0.717) is 0 Å². The number of unbranched alkanes of at least 4 members (excludes halogenated alkanes) is 1. The van der Waals surface area contributed by atoms with Crippen LogP contribution < -0.4 is 0 Å². The fourth-order valence-electron chi connectivity index (χ4n) is 2.19. The third kappa shape index (κ3) is 2.55. The number of Topliss-reactive ketones (excluding diaryl/α,β-unsaturated/α-hetero) is 1. The Morgan fingerprint density at radius 2 is 1.94 bits per heavy atom. The molecule has 2 aromatic rings. The van der Waals surface area contributed by atoms with E-state index in [4.69, 9.17) is 0 Å². The van der Waals surface area contributed by atoms with Gasteiger partial charge >= 0.3 is 0 Å². The van der Waals surface area contributed by atoms with Crippen molar-refractivity contribution in [2.75, 3.05) is 0 Å². The Balaban J connectivity index is 2.55.